The third-order valence-corrected chi connectivity index (χ3v) is 5.98. The predicted octanol–water partition coefficient (Wildman–Crippen LogP) is 4.79. The molecule has 2 N–H and O–H groups in total. The molecule has 7 nitrogen and oxygen atoms in total. The van der Waals surface area contributed by atoms with Crippen molar-refractivity contribution < 1.29 is 14.0 Å². The van der Waals surface area contributed by atoms with E-state index in [4.69, 9.17) is 28.2 Å². The number of halogens is 1. The first kappa shape index (κ1) is 20.5. The molecule has 2 aromatic heterocycles. The fourth-order valence-corrected chi connectivity index (χ4v) is 4.34. The van der Waals surface area contributed by atoms with Gasteiger partial charge in [0, 0.05) is 5.02 Å². The molecule has 3 heterocycles. The van der Waals surface area contributed by atoms with E-state index in [0.29, 0.717) is 26.7 Å². The maximum Gasteiger partial charge on any atom is 0.270 e. The molecule has 2 amide bonds. The number of hydrogen-bond acceptors (Lipinski definition) is 6. The summed E-state index contributed by atoms with van der Waals surface area (Å²) in [6.45, 7) is 0. The number of rotatable bonds is 4. The number of aromatic amines is 1. The van der Waals surface area contributed by atoms with E-state index in [1.807, 2.05) is 24.3 Å². The zero-order valence-corrected chi connectivity index (χ0v) is 18.6. The minimum absolute atomic E-state index is 0.0000439. The number of benzene rings is 2. The number of fused-ring (bicyclic) bond motifs is 1. The number of nitrogens with one attached hydrogen (secondary N) is 2. The summed E-state index contributed by atoms with van der Waals surface area (Å²) < 4.78 is 5.79. The van der Waals surface area contributed by atoms with Gasteiger partial charge in [-0.15, -0.1) is 0 Å². The normalized spacial score (nSPS) is 15.6. The second kappa shape index (κ2) is 8.27. The third kappa shape index (κ3) is 3.93. The van der Waals surface area contributed by atoms with Gasteiger partial charge in [-0.25, -0.2) is 4.98 Å². The van der Waals surface area contributed by atoms with E-state index in [0.717, 1.165) is 11.0 Å². The lowest BCUT2D eigenvalue weighted by Gasteiger charge is -2.28. The highest BCUT2D eigenvalue weighted by Gasteiger charge is 2.34. The molecule has 0 bridgehead atoms. The van der Waals surface area contributed by atoms with E-state index >= 15 is 0 Å². The number of nitrogens with zero attached hydrogens (tertiary/aromatic N) is 2. The molecule has 2 aromatic carbocycles. The van der Waals surface area contributed by atoms with E-state index in [1.54, 1.807) is 36.4 Å². The molecule has 0 radical (unpaired) electrons. The zero-order valence-electron chi connectivity index (χ0n) is 16.2. The maximum absolute atomic E-state index is 13.0. The van der Waals surface area contributed by atoms with Crippen molar-refractivity contribution in [2.75, 3.05) is 4.90 Å². The number of imidazole rings is 1. The number of para-hydroxylation sites is 2. The Morgan fingerprint density at radius 1 is 1.06 bits per heavy atom. The number of furan rings is 1. The van der Waals surface area contributed by atoms with Gasteiger partial charge in [0.25, 0.3) is 11.8 Å². The van der Waals surface area contributed by atoms with E-state index in [-0.39, 0.29) is 10.7 Å². The van der Waals surface area contributed by atoms with Crippen molar-refractivity contribution in [1.29, 1.82) is 0 Å². The van der Waals surface area contributed by atoms with Crippen LogP contribution in [0.2, 0.25) is 5.02 Å². The molecule has 0 atom stereocenters. The summed E-state index contributed by atoms with van der Waals surface area (Å²) in [7, 11) is 0. The zero-order chi connectivity index (χ0) is 22.2. The number of anilines is 1. The Morgan fingerprint density at radius 2 is 1.84 bits per heavy atom. The van der Waals surface area contributed by atoms with Gasteiger partial charge in [0.2, 0.25) is 0 Å². The van der Waals surface area contributed by atoms with E-state index in [2.05, 4.69) is 15.3 Å². The van der Waals surface area contributed by atoms with Crippen LogP contribution in [-0.4, -0.2) is 26.9 Å². The minimum atomic E-state index is -0.590. The van der Waals surface area contributed by atoms with Crippen LogP contribution in [0, 0.1) is 0 Å². The summed E-state index contributed by atoms with van der Waals surface area (Å²) in [4.78, 5) is 34.4. The number of hydrogen-bond donors (Lipinski definition) is 2. The minimum Gasteiger partial charge on any atom is -0.450 e. The number of aromatic nitrogens is 2. The topological polar surface area (TPSA) is 91.2 Å². The third-order valence-electron chi connectivity index (χ3n) is 4.64. The predicted molar refractivity (Wildman–Crippen MR) is 127 cm³/mol. The number of H-pyrrole nitrogens is 1. The van der Waals surface area contributed by atoms with E-state index in [9.17, 15) is 9.59 Å². The maximum atomic E-state index is 13.0. The van der Waals surface area contributed by atoms with Gasteiger partial charge in [-0.3, -0.25) is 19.8 Å². The lowest BCUT2D eigenvalue weighted by molar-refractivity contribution is -0.122. The van der Waals surface area contributed by atoms with Crippen molar-refractivity contribution in [3.8, 4) is 0 Å². The Hall–Kier alpha value is -3.40. The summed E-state index contributed by atoms with van der Waals surface area (Å²) in [5, 5.41) is 4.29. The van der Waals surface area contributed by atoms with Crippen LogP contribution >= 0.6 is 35.6 Å². The lowest BCUT2D eigenvalue weighted by atomic mass is 10.1. The van der Waals surface area contributed by atoms with Gasteiger partial charge in [0.05, 0.1) is 16.7 Å². The molecule has 0 aliphatic carbocycles. The fourth-order valence-electron chi connectivity index (χ4n) is 3.16. The summed E-state index contributed by atoms with van der Waals surface area (Å²) >= 11 is 12.4. The van der Waals surface area contributed by atoms with Crippen LogP contribution in [-0.2, 0) is 9.59 Å². The van der Waals surface area contributed by atoms with Gasteiger partial charge in [0.15, 0.2) is 15.4 Å². The molecule has 158 valence electrons. The quantitative estimate of drug-likeness (QED) is 0.248. The van der Waals surface area contributed by atoms with Crippen LogP contribution in [0.4, 0.5) is 5.69 Å². The number of carbonyl (C=O) groups is 2. The molecule has 1 saturated heterocycles. The molecule has 0 unspecified atom stereocenters. The fraction of sp³-hybridized carbons (Fsp3) is 0. The van der Waals surface area contributed by atoms with E-state index in [1.165, 1.54) is 22.7 Å². The van der Waals surface area contributed by atoms with E-state index < -0.39 is 11.8 Å². The van der Waals surface area contributed by atoms with Crippen LogP contribution in [0.1, 0.15) is 5.76 Å². The highest BCUT2D eigenvalue weighted by molar-refractivity contribution is 7.99. The summed E-state index contributed by atoms with van der Waals surface area (Å²) in [5.74, 6) is -0.789. The highest BCUT2D eigenvalue weighted by atomic mass is 35.5. The van der Waals surface area contributed by atoms with Gasteiger partial charge in [0.1, 0.15) is 11.3 Å². The summed E-state index contributed by atoms with van der Waals surface area (Å²) in [5.41, 5.74) is 2.18. The van der Waals surface area contributed by atoms with Crippen molar-refractivity contribution >= 4 is 75.3 Å². The largest absolute Gasteiger partial charge is 0.450 e. The molecule has 4 aromatic rings. The van der Waals surface area contributed by atoms with Crippen molar-refractivity contribution in [2.45, 2.75) is 10.2 Å². The monoisotopic (exact) mass is 480 g/mol. The summed E-state index contributed by atoms with van der Waals surface area (Å²) in [6, 6.07) is 17.7. The van der Waals surface area contributed by atoms with Crippen LogP contribution in [0.15, 0.2) is 80.9 Å². The molecule has 1 aliphatic rings. The van der Waals surface area contributed by atoms with Gasteiger partial charge in [-0.1, -0.05) is 23.7 Å². The Balaban J connectivity index is 1.40. The van der Waals surface area contributed by atoms with Crippen molar-refractivity contribution in [1.82, 2.24) is 15.3 Å². The Morgan fingerprint density at radius 3 is 2.62 bits per heavy atom. The molecule has 5 rings (SSSR count). The van der Waals surface area contributed by atoms with Crippen molar-refractivity contribution in [2.24, 2.45) is 0 Å². The molecule has 1 fully saturated rings. The average molecular weight is 481 g/mol. The molecule has 1 aliphatic heterocycles. The van der Waals surface area contributed by atoms with Gasteiger partial charge < -0.3 is 9.40 Å². The van der Waals surface area contributed by atoms with Crippen LogP contribution in [0.5, 0.6) is 0 Å². The number of amides is 2. The van der Waals surface area contributed by atoms with Gasteiger partial charge in [-0.2, -0.15) is 0 Å². The molecule has 0 saturated carbocycles. The molecule has 0 spiro atoms. The van der Waals surface area contributed by atoms with Gasteiger partial charge in [-0.05, 0) is 78.6 Å². The first-order valence-corrected chi connectivity index (χ1v) is 11.0. The molecule has 32 heavy (non-hydrogen) atoms. The average Bonchev–Trinajstić information content (AvgIpc) is 3.38. The second-order valence-electron chi connectivity index (χ2n) is 6.75. The first-order valence-electron chi connectivity index (χ1n) is 9.37. The summed E-state index contributed by atoms with van der Waals surface area (Å²) in [6.07, 6.45) is 1.39. The van der Waals surface area contributed by atoms with Gasteiger partial charge >= 0.3 is 0 Å². The van der Waals surface area contributed by atoms with Crippen molar-refractivity contribution in [3.05, 3.63) is 77.0 Å². The van der Waals surface area contributed by atoms with Crippen molar-refractivity contribution in [3.63, 3.8) is 0 Å². The van der Waals surface area contributed by atoms with Crippen LogP contribution < -0.4 is 10.2 Å². The number of carbonyl (C=O) groups excluding carboxylic acids is 2. The molecule has 10 heteroatoms. The standard InChI is InChI=1S/C22H13ClN4O3S2/c23-12-5-7-13(8-6-12)27-20(29)15(19(28)26-22(27)31)11-14-9-10-18(30-14)32-21-24-16-3-1-2-4-17(16)25-21/h1-11H,(H,24,25)(H,26,28,31). The first-order chi connectivity index (χ1) is 15.5. The van der Waals surface area contributed by atoms with Crippen LogP contribution in [0.3, 0.4) is 0 Å². The smallest absolute Gasteiger partial charge is 0.270 e. The Kier molecular flexibility index (Phi) is 5.30. The van der Waals surface area contributed by atoms with Crippen LogP contribution in [0.25, 0.3) is 17.1 Å². The molecular weight excluding hydrogens is 468 g/mol. The SMILES string of the molecule is O=C1NC(=S)N(c2ccc(Cl)cc2)C(=O)C1=Cc1ccc(Sc2nc3ccccc3[nH]2)o1. The second-order valence-corrected chi connectivity index (χ2v) is 8.57. The Bertz CT molecular complexity index is 1380. The molecular formula is C22H13ClN4O3S2. The Labute approximate surface area is 196 Å². The lowest BCUT2D eigenvalue weighted by Crippen LogP contribution is -2.54. The number of thiocarbonyl (C=S) groups is 1. The highest BCUT2D eigenvalue weighted by Crippen LogP contribution is 2.30.